The van der Waals surface area contributed by atoms with Crippen molar-refractivity contribution in [1.82, 2.24) is 0 Å². The molecule has 0 aliphatic heterocycles. The Labute approximate surface area is 214 Å². The van der Waals surface area contributed by atoms with Crippen LogP contribution in [0.4, 0.5) is 0 Å². The van der Waals surface area contributed by atoms with E-state index in [1.165, 1.54) is 26.5 Å². The Balaban J connectivity index is 1.52. The molecular weight excluding hydrogens is 474 g/mol. The Morgan fingerprint density at radius 3 is 2.19 bits per heavy atom. The second-order valence-corrected chi connectivity index (χ2v) is 7.97. The van der Waals surface area contributed by atoms with Crippen molar-refractivity contribution >= 4 is 6.21 Å². The van der Waals surface area contributed by atoms with Gasteiger partial charge in [0.2, 0.25) is 0 Å². The zero-order chi connectivity index (χ0) is 26.2. The fourth-order valence-corrected chi connectivity index (χ4v) is 3.82. The molecule has 8 heteroatoms. The van der Waals surface area contributed by atoms with Crippen LogP contribution in [0, 0.1) is 0 Å². The standard InChI is InChI=1S/C29H27NO7/c1-34-26-17-23(20-8-11-22(31)12-9-20)29(35-2)28(33)27(26)21-10-13-25(24(32)16-21)36-15-14-30-37-18-19-6-4-3-5-7-19/h3-14,16-17,31-33H,15,18H2,1-2H3/b30-14+. The molecule has 8 nitrogen and oxygen atoms in total. The Bertz CT molecular complexity index is 1370. The van der Waals surface area contributed by atoms with Crippen molar-refractivity contribution in [1.29, 1.82) is 0 Å². The fraction of sp³-hybridized carbons (Fsp3) is 0.138. The minimum atomic E-state index is -0.152. The molecule has 0 atom stereocenters. The van der Waals surface area contributed by atoms with Gasteiger partial charge in [-0.1, -0.05) is 53.7 Å². The summed E-state index contributed by atoms with van der Waals surface area (Å²) in [4.78, 5) is 5.23. The molecule has 0 radical (unpaired) electrons. The second-order valence-electron chi connectivity index (χ2n) is 7.97. The van der Waals surface area contributed by atoms with Crippen molar-refractivity contribution in [3.63, 3.8) is 0 Å². The monoisotopic (exact) mass is 501 g/mol. The van der Waals surface area contributed by atoms with E-state index in [-0.39, 0.29) is 35.4 Å². The number of ether oxygens (including phenoxy) is 3. The highest BCUT2D eigenvalue weighted by Gasteiger charge is 2.22. The van der Waals surface area contributed by atoms with Crippen molar-refractivity contribution in [3.05, 3.63) is 84.4 Å². The van der Waals surface area contributed by atoms with Crippen LogP contribution in [0.1, 0.15) is 5.56 Å². The Morgan fingerprint density at radius 1 is 0.784 bits per heavy atom. The van der Waals surface area contributed by atoms with E-state index in [1.54, 1.807) is 42.5 Å². The lowest BCUT2D eigenvalue weighted by atomic mass is 9.96. The Kier molecular flexibility index (Phi) is 8.00. The molecule has 0 spiro atoms. The third kappa shape index (κ3) is 5.87. The van der Waals surface area contributed by atoms with Gasteiger partial charge in [0.1, 0.15) is 24.7 Å². The number of rotatable bonds is 10. The molecule has 0 fully saturated rings. The number of methoxy groups -OCH3 is 2. The second kappa shape index (κ2) is 11.7. The average Bonchev–Trinajstić information content (AvgIpc) is 2.92. The number of phenols is 3. The number of hydrogen-bond donors (Lipinski definition) is 3. The highest BCUT2D eigenvalue weighted by Crippen LogP contribution is 2.50. The molecular formula is C29H27NO7. The molecule has 4 rings (SSSR count). The summed E-state index contributed by atoms with van der Waals surface area (Å²) in [7, 11) is 2.94. The molecule has 0 aromatic heterocycles. The van der Waals surface area contributed by atoms with Gasteiger partial charge >= 0.3 is 0 Å². The number of oxime groups is 1. The molecule has 4 aromatic rings. The maximum absolute atomic E-state index is 11.1. The topological polar surface area (TPSA) is 110 Å². The smallest absolute Gasteiger partial charge is 0.170 e. The molecule has 0 aliphatic carbocycles. The number of nitrogens with zero attached hydrogens (tertiary/aromatic N) is 1. The number of benzene rings is 4. The first kappa shape index (κ1) is 25.2. The summed E-state index contributed by atoms with van der Waals surface area (Å²) in [6.45, 7) is 0.434. The molecule has 190 valence electrons. The first-order chi connectivity index (χ1) is 18.0. The van der Waals surface area contributed by atoms with Crippen molar-refractivity contribution in [2.24, 2.45) is 5.16 Å². The van der Waals surface area contributed by atoms with E-state index in [4.69, 9.17) is 19.0 Å². The largest absolute Gasteiger partial charge is 0.508 e. The van der Waals surface area contributed by atoms with E-state index in [1.807, 2.05) is 30.3 Å². The van der Waals surface area contributed by atoms with Crippen LogP contribution >= 0.6 is 0 Å². The first-order valence-corrected chi connectivity index (χ1v) is 11.4. The fourth-order valence-electron chi connectivity index (χ4n) is 3.82. The van der Waals surface area contributed by atoms with Crippen LogP contribution in [-0.4, -0.2) is 42.4 Å². The Hall–Kier alpha value is -4.85. The molecule has 4 aromatic carbocycles. The van der Waals surface area contributed by atoms with Gasteiger partial charge in [0.05, 0.1) is 26.0 Å². The summed E-state index contributed by atoms with van der Waals surface area (Å²) >= 11 is 0. The van der Waals surface area contributed by atoms with Crippen LogP contribution < -0.4 is 14.2 Å². The highest BCUT2D eigenvalue weighted by molar-refractivity contribution is 5.88. The SMILES string of the molecule is COc1cc(-c2ccc(O)cc2)c(OC)c(O)c1-c1ccc(OC/C=N/OCc2ccccc2)c(O)c1. The van der Waals surface area contributed by atoms with Gasteiger partial charge in [-0.15, -0.1) is 0 Å². The van der Waals surface area contributed by atoms with E-state index in [0.29, 0.717) is 29.0 Å². The number of aromatic hydroxyl groups is 3. The van der Waals surface area contributed by atoms with Gasteiger partial charge in [-0.2, -0.15) is 0 Å². The van der Waals surface area contributed by atoms with Gasteiger partial charge in [-0.05, 0) is 47.0 Å². The van der Waals surface area contributed by atoms with Gasteiger partial charge in [0.25, 0.3) is 0 Å². The molecule has 0 amide bonds. The number of phenolic OH excluding ortho intramolecular Hbond substituents is 3. The molecule has 0 saturated carbocycles. The lowest BCUT2D eigenvalue weighted by Gasteiger charge is -2.18. The normalized spacial score (nSPS) is 10.9. The predicted octanol–water partition coefficient (Wildman–Crippen LogP) is 5.74. The van der Waals surface area contributed by atoms with Crippen LogP contribution in [0.25, 0.3) is 22.3 Å². The minimum absolute atomic E-state index is 0.0887. The summed E-state index contributed by atoms with van der Waals surface area (Å²) in [6, 6.07) is 22.6. The van der Waals surface area contributed by atoms with Gasteiger partial charge in [-0.25, -0.2) is 0 Å². The van der Waals surface area contributed by atoms with Gasteiger partial charge in [-0.3, -0.25) is 0 Å². The number of hydrogen-bond acceptors (Lipinski definition) is 8. The van der Waals surface area contributed by atoms with Crippen LogP contribution in [0.5, 0.6) is 34.5 Å². The molecule has 3 N–H and O–H groups in total. The first-order valence-electron chi connectivity index (χ1n) is 11.4. The van der Waals surface area contributed by atoms with E-state index >= 15 is 0 Å². The van der Waals surface area contributed by atoms with E-state index in [2.05, 4.69) is 5.16 Å². The Morgan fingerprint density at radius 2 is 1.51 bits per heavy atom. The molecule has 0 heterocycles. The van der Waals surface area contributed by atoms with E-state index in [0.717, 1.165) is 11.1 Å². The van der Waals surface area contributed by atoms with E-state index < -0.39 is 0 Å². The average molecular weight is 502 g/mol. The molecule has 0 saturated heterocycles. The zero-order valence-electron chi connectivity index (χ0n) is 20.4. The predicted molar refractivity (Wildman–Crippen MR) is 141 cm³/mol. The third-order valence-electron chi connectivity index (χ3n) is 5.60. The molecule has 0 unspecified atom stereocenters. The third-order valence-corrected chi connectivity index (χ3v) is 5.60. The summed E-state index contributed by atoms with van der Waals surface area (Å²) in [6.07, 6.45) is 1.46. The van der Waals surface area contributed by atoms with Crippen LogP contribution in [0.3, 0.4) is 0 Å². The van der Waals surface area contributed by atoms with E-state index in [9.17, 15) is 15.3 Å². The van der Waals surface area contributed by atoms with Crippen LogP contribution in [-0.2, 0) is 11.4 Å². The molecule has 0 aliphatic rings. The van der Waals surface area contributed by atoms with Crippen molar-refractivity contribution in [3.8, 4) is 56.8 Å². The zero-order valence-corrected chi connectivity index (χ0v) is 20.4. The van der Waals surface area contributed by atoms with Crippen molar-refractivity contribution in [2.45, 2.75) is 6.61 Å². The summed E-state index contributed by atoms with van der Waals surface area (Å²) in [5.74, 6) is 0.689. The quantitative estimate of drug-likeness (QED) is 0.188. The van der Waals surface area contributed by atoms with Gasteiger partial charge in [0.15, 0.2) is 23.0 Å². The van der Waals surface area contributed by atoms with Gasteiger partial charge in [0, 0.05) is 5.56 Å². The van der Waals surface area contributed by atoms with Crippen molar-refractivity contribution in [2.75, 3.05) is 20.8 Å². The van der Waals surface area contributed by atoms with Crippen LogP contribution in [0.2, 0.25) is 0 Å². The lowest BCUT2D eigenvalue weighted by Crippen LogP contribution is -2.00. The maximum Gasteiger partial charge on any atom is 0.170 e. The summed E-state index contributed by atoms with van der Waals surface area (Å²) < 4.78 is 16.6. The highest BCUT2D eigenvalue weighted by atomic mass is 16.6. The van der Waals surface area contributed by atoms with Crippen molar-refractivity contribution < 1.29 is 34.4 Å². The van der Waals surface area contributed by atoms with Gasteiger partial charge < -0.3 is 34.4 Å². The van der Waals surface area contributed by atoms with Crippen LogP contribution in [0.15, 0.2) is 84.0 Å². The molecule has 0 bridgehead atoms. The molecule has 37 heavy (non-hydrogen) atoms. The minimum Gasteiger partial charge on any atom is -0.508 e. The maximum atomic E-state index is 11.1. The summed E-state index contributed by atoms with van der Waals surface area (Å²) in [5, 5.41) is 35.2. The summed E-state index contributed by atoms with van der Waals surface area (Å²) in [5.41, 5.74) is 3.14. The lowest BCUT2D eigenvalue weighted by molar-refractivity contribution is 0.130.